The number of carbonyl (C=O) groups excluding carboxylic acids is 1. The van der Waals surface area contributed by atoms with Crippen LogP contribution in [0.5, 0.6) is 0 Å². The number of nitrogens with zero attached hydrogens (tertiary/aromatic N) is 1. The summed E-state index contributed by atoms with van der Waals surface area (Å²) < 4.78 is 0.339. The molecule has 98 valence electrons. The summed E-state index contributed by atoms with van der Waals surface area (Å²) in [6.07, 6.45) is 0. The Bertz CT molecular complexity index is 465. The van der Waals surface area contributed by atoms with Crippen LogP contribution >= 0.6 is 15.9 Å². The molecule has 0 aromatic heterocycles. The van der Waals surface area contributed by atoms with E-state index in [0.29, 0.717) is 16.7 Å². The Morgan fingerprint density at radius 2 is 2.22 bits per heavy atom. The zero-order valence-electron chi connectivity index (χ0n) is 10.1. The van der Waals surface area contributed by atoms with Crippen LogP contribution in [0.1, 0.15) is 6.92 Å². The van der Waals surface area contributed by atoms with Gasteiger partial charge in [0.15, 0.2) is 0 Å². The van der Waals surface area contributed by atoms with Gasteiger partial charge in [0.25, 0.3) is 5.69 Å². The van der Waals surface area contributed by atoms with Crippen LogP contribution in [0.2, 0.25) is 0 Å². The van der Waals surface area contributed by atoms with Crippen molar-refractivity contribution < 1.29 is 9.72 Å². The van der Waals surface area contributed by atoms with E-state index in [0.717, 1.165) is 0 Å². The summed E-state index contributed by atoms with van der Waals surface area (Å²) in [5, 5.41) is 16.2. The van der Waals surface area contributed by atoms with Gasteiger partial charge in [0.05, 0.1) is 9.40 Å². The number of carbonyl (C=O) groups is 1. The lowest BCUT2D eigenvalue weighted by Gasteiger charge is -2.11. The van der Waals surface area contributed by atoms with E-state index in [1.165, 1.54) is 18.2 Å². The Morgan fingerprint density at radius 3 is 2.72 bits per heavy atom. The van der Waals surface area contributed by atoms with Crippen LogP contribution in [0.4, 0.5) is 11.4 Å². The van der Waals surface area contributed by atoms with Crippen molar-refractivity contribution in [2.24, 2.45) is 5.92 Å². The first-order valence-electron chi connectivity index (χ1n) is 5.35. The summed E-state index contributed by atoms with van der Waals surface area (Å²) in [4.78, 5) is 21.9. The second-order valence-corrected chi connectivity index (χ2v) is 4.73. The van der Waals surface area contributed by atoms with Gasteiger partial charge in [-0.25, -0.2) is 0 Å². The largest absolute Gasteiger partial charge is 0.326 e. The molecule has 0 aliphatic rings. The van der Waals surface area contributed by atoms with Crippen molar-refractivity contribution in [3.63, 3.8) is 0 Å². The number of nitrogens with one attached hydrogen (secondary N) is 2. The Kier molecular flexibility index (Phi) is 5.24. The molecule has 0 fully saturated rings. The predicted octanol–water partition coefficient (Wildman–Crippen LogP) is 2.15. The third kappa shape index (κ3) is 3.78. The maximum atomic E-state index is 11.7. The molecule has 0 spiro atoms. The van der Waals surface area contributed by atoms with Gasteiger partial charge >= 0.3 is 0 Å². The molecule has 1 aromatic rings. The number of hydrogen-bond acceptors (Lipinski definition) is 4. The van der Waals surface area contributed by atoms with Gasteiger partial charge in [0.1, 0.15) is 0 Å². The average molecular weight is 316 g/mol. The molecule has 1 aromatic carbocycles. The van der Waals surface area contributed by atoms with Crippen LogP contribution in [0.3, 0.4) is 0 Å². The minimum absolute atomic E-state index is 0.0312. The maximum Gasteiger partial charge on any atom is 0.283 e. The summed E-state index contributed by atoms with van der Waals surface area (Å²) in [5.41, 5.74) is 0.497. The second-order valence-electron chi connectivity index (χ2n) is 3.87. The molecule has 2 N–H and O–H groups in total. The summed E-state index contributed by atoms with van der Waals surface area (Å²) in [7, 11) is 1.77. The molecule has 7 heteroatoms. The van der Waals surface area contributed by atoms with Crippen LogP contribution in [-0.4, -0.2) is 24.4 Å². The van der Waals surface area contributed by atoms with Crippen LogP contribution in [-0.2, 0) is 4.79 Å². The molecule has 0 aliphatic carbocycles. The first kappa shape index (κ1) is 14.6. The van der Waals surface area contributed by atoms with Crippen LogP contribution < -0.4 is 10.6 Å². The van der Waals surface area contributed by atoms with E-state index in [-0.39, 0.29) is 17.5 Å². The van der Waals surface area contributed by atoms with Crippen molar-refractivity contribution in [3.8, 4) is 0 Å². The highest BCUT2D eigenvalue weighted by molar-refractivity contribution is 9.10. The van der Waals surface area contributed by atoms with Crippen molar-refractivity contribution >= 4 is 33.2 Å². The molecule has 1 rings (SSSR count). The molecule has 0 heterocycles. The quantitative estimate of drug-likeness (QED) is 0.644. The van der Waals surface area contributed by atoms with Gasteiger partial charge in [0.2, 0.25) is 5.91 Å². The highest BCUT2D eigenvalue weighted by Crippen LogP contribution is 2.27. The minimum atomic E-state index is -0.487. The first-order chi connectivity index (χ1) is 8.45. The monoisotopic (exact) mass is 315 g/mol. The lowest BCUT2D eigenvalue weighted by molar-refractivity contribution is -0.385. The van der Waals surface area contributed by atoms with Crippen molar-refractivity contribution in [1.29, 1.82) is 0 Å². The highest BCUT2D eigenvalue weighted by atomic mass is 79.9. The molecular weight excluding hydrogens is 302 g/mol. The number of amides is 1. The van der Waals surface area contributed by atoms with Gasteiger partial charge in [-0.05, 0) is 35.1 Å². The Labute approximate surface area is 113 Å². The Balaban J connectivity index is 2.77. The number of halogens is 1. The van der Waals surface area contributed by atoms with Crippen LogP contribution in [0.15, 0.2) is 22.7 Å². The van der Waals surface area contributed by atoms with Crippen molar-refractivity contribution in [1.82, 2.24) is 5.32 Å². The predicted molar refractivity (Wildman–Crippen MR) is 72.5 cm³/mol. The molecule has 0 saturated carbocycles. The van der Waals surface area contributed by atoms with Gasteiger partial charge in [-0.15, -0.1) is 0 Å². The molecule has 1 unspecified atom stereocenters. The topological polar surface area (TPSA) is 84.3 Å². The molecule has 18 heavy (non-hydrogen) atoms. The van der Waals surface area contributed by atoms with Crippen LogP contribution in [0, 0.1) is 16.0 Å². The van der Waals surface area contributed by atoms with Gasteiger partial charge in [-0.1, -0.05) is 6.92 Å². The standard InChI is InChI=1S/C11H14BrN3O3/c1-7(6-13-2)11(16)14-8-3-4-10(15(17)18)9(12)5-8/h3-5,7,13H,6H2,1-2H3,(H,14,16). The van der Waals surface area contributed by atoms with E-state index in [1.807, 2.05) is 0 Å². The summed E-state index contributed by atoms with van der Waals surface area (Å²) >= 11 is 3.10. The minimum Gasteiger partial charge on any atom is -0.326 e. The maximum absolute atomic E-state index is 11.7. The molecule has 1 atom stereocenters. The molecule has 0 saturated heterocycles. The average Bonchev–Trinajstić information content (AvgIpc) is 2.28. The smallest absolute Gasteiger partial charge is 0.283 e. The van der Waals surface area contributed by atoms with Gasteiger partial charge in [-0.3, -0.25) is 14.9 Å². The fourth-order valence-corrected chi connectivity index (χ4v) is 1.92. The second kappa shape index (κ2) is 6.46. The Morgan fingerprint density at radius 1 is 1.56 bits per heavy atom. The van der Waals surface area contributed by atoms with Gasteiger partial charge in [0, 0.05) is 24.2 Å². The van der Waals surface area contributed by atoms with E-state index in [9.17, 15) is 14.9 Å². The van der Waals surface area contributed by atoms with Crippen LogP contribution in [0.25, 0.3) is 0 Å². The zero-order valence-corrected chi connectivity index (χ0v) is 11.7. The molecule has 0 aliphatic heterocycles. The van der Waals surface area contributed by atoms with E-state index in [4.69, 9.17) is 0 Å². The molecule has 1 amide bonds. The normalized spacial score (nSPS) is 11.9. The fraction of sp³-hybridized carbons (Fsp3) is 0.364. The SMILES string of the molecule is CNCC(C)C(=O)Nc1ccc([N+](=O)[O-])c(Br)c1. The van der Waals surface area contributed by atoms with E-state index >= 15 is 0 Å². The summed E-state index contributed by atoms with van der Waals surface area (Å²) in [6, 6.07) is 4.37. The number of anilines is 1. The summed E-state index contributed by atoms with van der Waals surface area (Å²) in [6.45, 7) is 2.37. The lowest BCUT2D eigenvalue weighted by atomic mass is 10.1. The van der Waals surface area contributed by atoms with Crippen molar-refractivity contribution in [3.05, 3.63) is 32.8 Å². The van der Waals surface area contributed by atoms with Gasteiger partial charge < -0.3 is 10.6 Å². The number of nitro groups is 1. The Hall–Kier alpha value is -1.47. The highest BCUT2D eigenvalue weighted by Gasteiger charge is 2.15. The third-order valence-corrected chi connectivity index (χ3v) is 3.00. The number of nitro benzene ring substituents is 1. The zero-order chi connectivity index (χ0) is 13.7. The molecule has 0 bridgehead atoms. The lowest BCUT2D eigenvalue weighted by Crippen LogP contribution is -2.28. The number of benzene rings is 1. The number of rotatable bonds is 5. The molecular formula is C11H14BrN3O3. The van der Waals surface area contributed by atoms with Crippen molar-refractivity contribution in [2.75, 3.05) is 18.9 Å². The molecule has 6 nitrogen and oxygen atoms in total. The fourth-order valence-electron chi connectivity index (χ4n) is 1.40. The van der Waals surface area contributed by atoms with E-state index in [1.54, 1.807) is 14.0 Å². The van der Waals surface area contributed by atoms with E-state index < -0.39 is 4.92 Å². The third-order valence-electron chi connectivity index (χ3n) is 2.37. The number of hydrogen-bond donors (Lipinski definition) is 2. The first-order valence-corrected chi connectivity index (χ1v) is 6.14. The van der Waals surface area contributed by atoms with Gasteiger partial charge in [-0.2, -0.15) is 0 Å². The summed E-state index contributed by atoms with van der Waals surface area (Å²) in [5.74, 6) is -0.311. The molecule has 0 radical (unpaired) electrons. The van der Waals surface area contributed by atoms with Crippen molar-refractivity contribution in [2.45, 2.75) is 6.92 Å². The van der Waals surface area contributed by atoms with E-state index in [2.05, 4.69) is 26.6 Å².